The molecule has 2 aromatic rings. The van der Waals surface area contributed by atoms with Crippen LogP contribution in [0.5, 0.6) is 0 Å². The predicted octanol–water partition coefficient (Wildman–Crippen LogP) is 3.79. The van der Waals surface area contributed by atoms with E-state index in [2.05, 4.69) is 27.2 Å². The normalized spacial score (nSPS) is 17.5. The fourth-order valence-corrected chi connectivity index (χ4v) is 4.05. The van der Waals surface area contributed by atoms with E-state index < -0.39 is 0 Å². The third kappa shape index (κ3) is 1.25. The van der Waals surface area contributed by atoms with E-state index in [1.165, 1.54) is 19.4 Å². The summed E-state index contributed by atoms with van der Waals surface area (Å²) in [4.78, 5) is 0. The van der Waals surface area contributed by atoms with E-state index in [-0.39, 0.29) is 0 Å². The van der Waals surface area contributed by atoms with E-state index in [0.29, 0.717) is 0 Å². The van der Waals surface area contributed by atoms with Gasteiger partial charge in [0.1, 0.15) is 0 Å². The Kier molecular flexibility index (Phi) is 2.07. The highest BCUT2D eigenvalue weighted by molar-refractivity contribution is 9.11. The Balaban J connectivity index is 2.47. The van der Waals surface area contributed by atoms with Gasteiger partial charge in [-0.05, 0) is 40.4 Å². The van der Waals surface area contributed by atoms with Crippen molar-refractivity contribution in [2.75, 3.05) is 0 Å². The maximum Gasteiger partial charge on any atom is 0.0877 e. The first kappa shape index (κ1) is 9.36. The second kappa shape index (κ2) is 3.32. The number of rotatable bonds is 0. The van der Waals surface area contributed by atoms with Crippen LogP contribution in [-0.4, -0.2) is 10.9 Å². The van der Waals surface area contributed by atoms with Gasteiger partial charge in [-0.3, -0.25) is 0 Å². The first-order valence-electron chi connectivity index (χ1n) is 4.72. The molecule has 0 saturated carbocycles. The molecule has 1 N–H and O–H groups in total. The standard InChI is InChI=1S/C11H8BrNOS/c12-11-7-4-5-8(13-14)6-2-1-3-9(15-11)10(6)7/h1-3,14H,4-5H2/b13-8+. The maximum absolute atomic E-state index is 8.95. The number of halogens is 1. The maximum atomic E-state index is 8.95. The van der Waals surface area contributed by atoms with Gasteiger partial charge in [-0.1, -0.05) is 17.3 Å². The zero-order valence-corrected chi connectivity index (χ0v) is 10.2. The summed E-state index contributed by atoms with van der Waals surface area (Å²) in [6.45, 7) is 0. The van der Waals surface area contributed by atoms with E-state index in [1.807, 2.05) is 12.1 Å². The van der Waals surface area contributed by atoms with Crippen LogP contribution in [0.3, 0.4) is 0 Å². The molecule has 0 unspecified atom stereocenters. The van der Waals surface area contributed by atoms with E-state index in [1.54, 1.807) is 11.3 Å². The van der Waals surface area contributed by atoms with Crippen molar-refractivity contribution in [1.29, 1.82) is 0 Å². The molecule has 0 saturated heterocycles. The fourth-order valence-electron chi connectivity index (χ4n) is 2.13. The van der Waals surface area contributed by atoms with Gasteiger partial charge in [0.25, 0.3) is 0 Å². The molecule has 0 aliphatic heterocycles. The molecule has 2 nitrogen and oxygen atoms in total. The van der Waals surface area contributed by atoms with Crippen LogP contribution in [0.25, 0.3) is 10.1 Å². The fraction of sp³-hybridized carbons (Fsp3) is 0.182. The zero-order chi connectivity index (χ0) is 10.4. The van der Waals surface area contributed by atoms with Gasteiger partial charge in [0.2, 0.25) is 0 Å². The van der Waals surface area contributed by atoms with Gasteiger partial charge in [0, 0.05) is 15.6 Å². The number of hydrogen-bond acceptors (Lipinski definition) is 3. The van der Waals surface area contributed by atoms with Crippen LogP contribution < -0.4 is 0 Å². The molecule has 0 fully saturated rings. The predicted molar refractivity (Wildman–Crippen MR) is 66.2 cm³/mol. The molecular weight excluding hydrogens is 274 g/mol. The molecule has 0 radical (unpaired) electrons. The molecule has 76 valence electrons. The van der Waals surface area contributed by atoms with E-state index in [9.17, 15) is 0 Å². The highest BCUT2D eigenvalue weighted by atomic mass is 79.9. The lowest BCUT2D eigenvalue weighted by Crippen LogP contribution is -2.09. The molecule has 0 atom stereocenters. The lowest BCUT2D eigenvalue weighted by molar-refractivity contribution is 0.318. The Morgan fingerprint density at radius 1 is 1.33 bits per heavy atom. The van der Waals surface area contributed by atoms with Crippen molar-refractivity contribution in [3.05, 3.63) is 33.1 Å². The van der Waals surface area contributed by atoms with Gasteiger partial charge in [0.15, 0.2) is 0 Å². The summed E-state index contributed by atoms with van der Waals surface area (Å²) in [5.41, 5.74) is 3.24. The topological polar surface area (TPSA) is 32.6 Å². The Hall–Kier alpha value is -0.870. The van der Waals surface area contributed by atoms with Gasteiger partial charge in [-0.2, -0.15) is 0 Å². The molecular formula is C11H8BrNOS. The molecule has 1 heterocycles. The summed E-state index contributed by atoms with van der Waals surface area (Å²) in [6.07, 6.45) is 1.77. The van der Waals surface area contributed by atoms with Crippen molar-refractivity contribution < 1.29 is 5.21 Å². The number of nitrogens with zero attached hydrogens (tertiary/aromatic N) is 1. The summed E-state index contributed by atoms with van der Waals surface area (Å²) in [5.74, 6) is 0. The van der Waals surface area contributed by atoms with Crippen molar-refractivity contribution in [2.45, 2.75) is 12.8 Å². The lowest BCUT2D eigenvalue weighted by Gasteiger charge is -2.13. The second-order valence-corrected chi connectivity index (χ2v) is 5.95. The summed E-state index contributed by atoms with van der Waals surface area (Å²) < 4.78 is 2.47. The van der Waals surface area contributed by atoms with E-state index >= 15 is 0 Å². The van der Waals surface area contributed by atoms with Crippen molar-refractivity contribution in [3.8, 4) is 0 Å². The Bertz CT molecular complexity index is 573. The minimum absolute atomic E-state index is 0.804. The smallest absolute Gasteiger partial charge is 0.0877 e. The third-order valence-electron chi connectivity index (χ3n) is 2.81. The van der Waals surface area contributed by atoms with Crippen LogP contribution in [0, 0.1) is 0 Å². The van der Waals surface area contributed by atoms with Crippen LogP contribution in [0.2, 0.25) is 0 Å². The van der Waals surface area contributed by atoms with Crippen LogP contribution in [0.15, 0.2) is 27.1 Å². The van der Waals surface area contributed by atoms with E-state index in [0.717, 1.165) is 24.1 Å². The van der Waals surface area contributed by atoms with Crippen LogP contribution in [0.4, 0.5) is 0 Å². The molecule has 3 rings (SSSR count). The molecule has 0 amide bonds. The number of oxime groups is 1. The Morgan fingerprint density at radius 2 is 2.20 bits per heavy atom. The summed E-state index contributed by atoms with van der Waals surface area (Å²) in [7, 11) is 0. The SMILES string of the molecule is O/N=C1\CCc2c(Br)sc3cccc1c23. The van der Waals surface area contributed by atoms with Crippen LogP contribution in [0.1, 0.15) is 17.5 Å². The van der Waals surface area contributed by atoms with Gasteiger partial charge in [0.05, 0.1) is 9.50 Å². The third-order valence-corrected chi connectivity index (χ3v) is 4.76. The summed E-state index contributed by atoms with van der Waals surface area (Å²) in [6, 6.07) is 6.15. The van der Waals surface area contributed by atoms with Crippen molar-refractivity contribution in [3.63, 3.8) is 0 Å². The average molecular weight is 282 g/mol. The highest BCUT2D eigenvalue weighted by Crippen LogP contribution is 2.40. The number of thiophene rings is 1. The summed E-state index contributed by atoms with van der Waals surface area (Å²) >= 11 is 5.35. The monoisotopic (exact) mass is 281 g/mol. The van der Waals surface area contributed by atoms with Crippen molar-refractivity contribution in [1.82, 2.24) is 0 Å². The molecule has 4 heteroatoms. The number of hydrogen-bond donors (Lipinski definition) is 1. The molecule has 1 aromatic heterocycles. The number of benzene rings is 1. The molecule has 1 aliphatic rings. The second-order valence-electron chi connectivity index (χ2n) is 3.58. The molecule has 0 spiro atoms. The minimum atomic E-state index is 0.804. The lowest BCUT2D eigenvalue weighted by atomic mass is 9.91. The van der Waals surface area contributed by atoms with Gasteiger partial charge in [-0.25, -0.2) is 0 Å². The Morgan fingerprint density at radius 3 is 3.00 bits per heavy atom. The quantitative estimate of drug-likeness (QED) is 0.578. The summed E-state index contributed by atoms with van der Waals surface area (Å²) in [5, 5.41) is 13.6. The highest BCUT2D eigenvalue weighted by Gasteiger charge is 2.21. The zero-order valence-electron chi connectivity index (χ0n) is 7.83. The van der Waals surface area contributed by atoms with Crippen molar-refractivity contribution >= 4 is 43.1 Å². The van der Waals surface area contributed by atoms with E-state index in [4.69, 9.17) is 5.21 Å². The minimum Gasteiger partial charge on any atom is -0.411 e. The Labute approximate surface area is 99.4 Å². The van der Waals surface area contributed by atoms with Gasteiger partial charge in [-0.15, -0.1) is 11.3 Å². The van der Waals surface area contributed by atoms with Gasteiger partial charge < -0.3 is 5.21 Å². The molecule has 1 aliphatic carbocycles. The first-order chi connectivity index (χ1) is 7.31. The van der Waals surface area contributed by atoms with Crippen LogP contribution >= 0.6 is 27.3 Å². The first-order valence-corrected chi connectivity index (χ1v) is 6.33. The molecule has 15 heavy (non-hydrogen) atoms. The molecule has 1 aromatic carbocycles. The largest absolute Gasteiger partial charge is 0.411 e. The van der Waals surface area contributed by atoms with Gasteiger partial charge >= 0.3 is 0 Å². The number of aryl methyl sites for hydroxylation is 1. The van der Waals surface area contributed by atoms with Crippen molar-refractivity contribution in [2.24, 2.45) is 5.16 Å². The van der Waals surface area contributed by atoms with Crippen LogP contribution in [-0.2, 0) is 6.42 Å². The molecule has 0 bridgehead atoms. The average Bonchev–Trinajstić information content (AvgIpc) is 2.58.